The molecule has 2 rings (SSSR count). The molecule has 0 radical (unpaired) electrons. The van der Waals surface area contributed by atoms with Crippen LogP contribution in [0.3, 0.4) is 0 Å². The van der Waals surface area contributed by atoms with Crippen LogP contribution in [0.4, 0.5) is 0 Å². The van der Waals surface area contributed by atoms with Crippen molar-refractivity contribution >= 4 is 11.3 Å². The summed E-state index contributed by atoms with van der Waals surface area (Å²) >= 11 is 1.85. The Morgan fingerprint density at radius 2 is 2.43 bits per heavy atom. The van der Waals surface area contributed by atoms with E-state index < -0.39 is 0 Å². The van der Waals surface area contributed by atoms with E-state index in [1.165, 1.54) is 30.0 Å². The lowest BCUT2D eigenvalue weighted by Gasteiger charge is -2.26. The molecule has 0 bridgehead atoms. The van der Waals surface area contributed by atoms with Gasteiger partial charge in [0.25, 0.3) is 0 Å². The van der Waals surface area contributed by atoms with Crippen molar-refractivity contribution in [2.75, 3.05) is 19.6 Å². The van der Waals surface area contributed by atoms with Crippen LogP contribution in [0.2, 0.25) is 0 Å². The molecular weight excluding hydrogens is 192 g/mol. The Morgan fingerprint density at radius 3 is 3.00 bits per heavy atom. The number of hydrogen-bond acceptors (Lipinski definition) is 3. The van der Waals surface area contributed by atoms with E-state index in [2.05, 4.69) is 29.0 Å². The van der Waals surface area contributed by atoms with Crippen LogP contribution in [-0.2, 0) is 6.54 Å². The molecule has 1 saturated heterocycles. The smallest absolute Gasteiger partial charge is 0.0302 e. The van der Waals surface area contributed by atoms with Crippen LogP contribution < -0.4 is 10.6 Å². The first kappa shape index (κ1) is 10.1. The SMILES string of the molecule is Cc1ccsc1CNCCC1CNC1. The Labute approximate surface area is 89.7 Å². The molecule has 1 aliphatic rings. The van der Waals surface area contributed by atoms with Crippen molar-refractivity contribution in [1.29, 1.82) is 0 Å². The van der Waals surface area contributed by atoms with Crippen LogP contribution in [0.15, 0.2) is 11.4 Å². The van der Waals surface area contributed by atoms with Gasteiger partial charge in [-0.1, -0.05) is 0 Å². The molecule has 0 saturated carbocycles. The molecule has 1 aromatic heterocycles. The highest BCUT2D eigenvalue weighted by atomic mass is 32.1. The average Bonchev–Trinajstić information content (AvgIpc) is 2.48. The Balaban J connectivity index is 1.60. The minimum absolute atomic E-state index is 0.923. The quantitative estimate of drug-likeness (QED) is 0.724. The third kappa shape index (κ3) is 2.56. The fourth-order valence-electron chi connectivity index (χ4n) is 1.65. The largest absolute Gasteiger partial charge is 0.316 e. The third-order valence-corrected chi connectivity index (χ3v) is 3.87. The van der Waals surface area contributed by atoms with E-state index in [1.54, 1.807) is 0 Å². The molecule has 2 nitrogen and oxygen atoms in total. The summed E-state index contributed by atoms with van der Waals surface area (Å²) in [5.74, 6) is 0.923. The minimum atomic E-state index is 0.923. The maximum atomic E-state index is 3.51. The zero-order chi connectivity index (χ0) is 9.80. The van der Waals surface area contributed by atoms with Crippen LogP contribution in [0.1, 0.15) is 16.9 Å². The molecule has 2 N–H and O–H groups in total. The highest BCUT2D eigenvalue weighted by Crippen LogP contribution is 2.15. The fraction of sp³-hybridized carbons (Fsp3) is 0.636. The second kappa shape index (κ2) is 4.91. The van der Waals surface area contributed by atoms with E-state index >= 15 is 0 Å². The minimum Gasteiger partial charge on any atom is -0.316 e. The van der Waals surface area contributed by atoms with Gasteiger partial charge in [0.05, 0.1) is 0 Å². The molecule has 0 aromatic carbocycles. The Bertz CT molecular complexity index is 279. The topological polar surface area (TPSA) is 24.1 Å². The van der Waals surface area contributed by atoms with Crippen LogP contribution in [0.25, 0.3) is 0 Å². The number of thiophene rings is 1. The summed E-state index contributed by atoms with van der Waals surface area (Å²) < 4.78 is 0. The molecule has 0 spiro atoms. The van der Waals surface area contributed by atoms with Gasteiger partial charge in [0.2, 0.25) is 0 Å². The van der Waals surface area contributed by atoms with Crippen molar-refractivity contribution in [2.24, 2.45) is 5.92 Å². The highest BCUT2D eigenvalue weighted by Gasteiger charge is 2.15. The predicted molar refractivity (Wildman–Crippen MR) is 61.7 cm³/mol. The monoisotopic (exact) mass is 210 g/mol. The van der Waals surface area contributed by atoms with E-state index in [0.29, 0.717) is 0 Å². The lowest BCUT2D eigenvalue weighted by Crippen LogP contribution is -2.43. The van der Waals surface area contributed by atoms with Gasteiger partial charge in [-0.15, -0.1) is 11.3 Å². The Morgan fingerprint density at radius 1 is 1.57 bits per heavy atom. The zero-order valence-corrected chi connectivity index (χ0v) is 9.49. The van der Waals surface area contributed by atoms with E-state index in [9.17, 15) is 0 Å². The average molecular weight is 210 g/mol. The normalized spacial score (nSPS) is 16.9. The standard InChI is InChI=1S/C11H18N2S/c1-9-3-5-14-11(9)8-12-4-2-10-6-13-7-10/h3,5,10,12-13H,2,4,6-8H2,1H3. The molecule has 0 amide bonds. The van der Waals surface area contributed by atoms with Gasteiger partial charge in [-0.2, -0.15) is 0 Å². The first-order valence-corrected chi connectivity index (χ1v) is 6.18. The summed E-state index contributed by atoms with van der Waals surface area (Å²) in [5.41, 5.74) is 1.42. The Kier molecular flexibility index (Phi) is 3.56. The number of rotatable bonds is 5. The van der Waals surface area contributed by atoms with Gasteiger partial charge >= 0.3 is 0 Å². The van der Waals surface area contributed by atoms with E-state index in [-0.39, 0.29) is 0 Å². The summed E-state index contributed by atoms with van der Waals surface area (Å²) in [6, 6.07) is 2.19. The van der Waals surface area contributed by atoms with Crippen molar-refractivity contribution in [2.45, 2.75) is 19.9 Å². The molecule has 0 atom stereocenters. The molecule has 14 heavy (non-hydrogen) atoms. The van der Waals surface area contributed by atoms with Gasteiger partial charge in [-0.3, -0.25) is 0 Å². The van der Waals surface area contributed by atoms with Gasteiger partial charge in [-0.25, -0.2) is 0 Å². The zero-order valence-electron chi connectivity index (χ0n) is 8.68. The lowest BCUT2D eigenvalue weighted by atomic mass is 10.00. The van der Waals surface area contributed by atoms with Gasteiger partial charge < -0.3 is 10.6 Å². The van der Waals surface area contributed by atoms with Crippen LogP contribution in [0.5, 0.6) is 0 Å². The maximum absolute atomic E-state index is 3.51. The fourth-order valence-corrected chi connectivity index (χ4v) is 2.52. The Hall–Kier alpha value is -0.380. The van der Waals surface area contributed by atoms with Crippen molar-refractivity contribution in [1.82, 2.24) is 10.6 Å². The van der Waals surface area contributed by atoms with Crippen LogP contribution in [0, 0.1) is 12.8 Å². The molecule has 0 unspecified atom stereocenters. The first-order valence-electron chi connectivity index (χ1n) is 5.30. The van der Waals surface area contributed by atoms with Crippen molar-refractivity contribution in [3.05, 3.63) is 21.9 Å². The second-order valence-electron chi connectivity index (χ2n) is 4.02. The highest BCUT2D eigenvalue weighted by molar-refractivity contribution is 7.10. The molecule has 1 fully saturated rings. The predicted octanol–water partition coefficient (Wildman–Crippen LogP) is 1.76. The second-order valence-corrected chi connectivity index (χ2v) is 5.02. The summed E-state index contributed by atoms with van der Waals surface area (Å²) in [5, 5.41) is 8.98. The molecule has 3 heteroatoms. The van der Waals surface area contributed by atoms with Crippen molar-refractivity contribution in [3.8, 4) is 0 Å². The summed E-state index contributed by atoms with van der Waals surface area (Å²) in [4.78, 5) is 1.48. The molecule has 2 heterocycles. The van der Waals surface area contributed by atoms with Crippen molar-refractivity contribution < 1.29 is 0 Å². The molecule has 1 aromatic rings. The van der Waals surface area contributed by atoms with Gasteiger partial charge in [0.15, 0.2) is 0 Å². The summed E-state index contributed by atoms with van der Waals surface area (Å²) in [7, 11) is 0. The molecule has 1 aliphatic heterocycles. The molecular formula is C11H18N2S. The van der Waals surface area contributed by atoms with E-state index in [0.717, 1.165) is 19.0 Å². The van der Waals surface area contributed by atoms with Gasteiger partial charge in [-0.05, 0) is 55.9 Å². The number of nitrogens with one attached hydrogen (secondary N) is 2. The van der Waals surface area contributed by atoms with Gasteiger partial charge in [0, 0.05) is 11.4 Å². The number of aryl methyl sites for hydroxylation is 1. The molecule has 0 aliphatic carbocycles. The molecule has 78 valence electrons. The summed E-state index contributed by atoms with van der Waals surface area (Å²) in [6.07, 6.45) is 1.32. The first-order chi connectivity index (χ1) is 6.86. The van der Waals surface area contributed by atoms with E-state index in [1.807, 2.05) is 11.3 Å². The lowest BCUT2D eigenvalue weighted by molar-refractivity contribution is 0.322. The van der Waals surface area contributed by atoms with Crippen LogP contribution in [-0.4, -0.2) is 19.6 Å². The third-order valence-electron chi connectivity index (χ3n) is 2.85. The summed E-state index contributed by atoms with van der Waals surface area (Å²) in [6.45, 7) is 6.83. The maximum Gasteiger partial charge on any atom is 0.0302 e. The van der Waals surface area contributed by atoms with Crippen LogP contribution >= 0.6 is 11.3 Å². The van der Waals surface area contributed by atoms with Gasteiger partial charge in [0.1, 0.15) is 0 Å². The van der Waals surface area contributed by atoms with E-state index in [4.69, 9.17) is 0 Å². The number of hydrogen-bond donors (Lipinski definition) is 2. The van der Waals surface area contributed by atoms with Crippen molar-refractivity contribution in [3.63, 3.8) is 0 Å².